The van der Waals surface area contributed by atoms with Crippen LogP contribution in [0.25, 0.3) is 0 Å². The second kappa shape index (κ2) is 7.91. The van der Waals surface area contributed by atoms with Crippen LogP contribution in [0.1, 0.15) is 46.5 Å². The normalized spacial score (nSPS) is 30.9. The van der Waals surface area contributed by atoms with Gasteiger partial charge in [-0.25, -0.2) is 0 Å². The van der Waals surface area contributed by atoms with Crippen molar-refractivity contribution in [3.05, 3.63) is 0 Å². The van der Waals surface area contributed by atoms with Gasteiger partial charge in [0, 0.05) is 25.7 Å². The molecular weight excluding hydrogens is 264 g/mol. The van der Waals surface area contributed by atoms with Crippen molar-refractivity contribution in [1.82, 2.24) is 10.2 Å². The van der Waals surface area contributed by atoms with Crippen LogP contribution in [0.15, 0.2) is 0 Å². The summed E-state index contributed by atoms with van der Waals surface area (Å²) in [4.78, 5) is 2.62. The summed E-state index contributed by atoms with van der Waals surface area (Å²) in [6.07, 6.45) is 5.28. The molecule has 2 unspecified atom stereocenters. The summed E-state index contributed by atoms with van der Waals surface area (Å²) in [5.74, 6) is 0.787. The van der Waals surface area contributed by atoms with Crippen LogP contribution in [0, 0.1) is 11.3 Å². The minimum Gasteiger partial charge on any atom is -0.394 e. The Morgan fingerprint density at radius 1 is 1.24 bits per heavy atom. The van der Waals surface area contributed by atoms with Crippen LogP contribution >= 0.6 is 0 Å². The average molecular weight is 298 g/mol. The first-order valence-corrected chi connectivity index (χ1v) is 8.75. The van der Waals surface area contributed by atoms with E-state index in [2.05, 4.69) is 31.0 Å². The van der Waals surface area contributed by atoms with E-state index in [1.807, 2.05) is 0 Å². The number of nitrogens with one attached hydrogen (secondary N) is 1. The standard InChI is InChI=1S/C17H34N2O2/c1-4-18-16-14(5-8-17(16,2)3)13-19-9-6-15(7-10-19)21-12-11-20/h14-16,18,20H,4-13H2,1-3H3. The number of piperidine rings is 1. The molecule has 0 aromatic rings. The van der Waals surface area contributed by atoms with Gasteiger partial charge in [0.1, 0.15) is 0 Å². The van der Waals surface area contributed by atoms with E-state index in [9.17, 15) is 0 Å². The van der Waals surface area contributed by atoms with Gasteiger partial charge in [0.15, 0.2) is 0 Å². The number of aliphatic hydroxyl groups is 1. The molecule has 2 fully saturated rings. The molecule has 2 N–H and O–H groups in total. The van der Waals surface area contributed by atoms with E-state index in [0.29, 0.717) is 24.2 Å². The number of aliphatic hydroxyl groups excluding tert-OH is 1. The van der Waals surface area contributed by atoms with Crippen LogP contribution < -0.4 is 5.32 Å². The Bertz CT molecular complexity index is 301. The second-order valence-corrected chi connectivity index (χ2v) is 7.42. The number of likely N-dealkylation sites (tertiary alicyclic amines) is 1. The van der Waals surface area contributed by atoms with E-state index in [1.54, 1.807) is 0 Å². The maximum absolute atomic E-state index is 8.82. The Labute approximate surface area is 130 Å². The predicted octanol–water partition coefficient (Wildman–Crippen LogP) is 1.87. The second-order valence-electron chi connectivity index (χ2n) is 7.42. The first-order chi connectivity index (χ1) is 10.1. The molecule has 21 heavy (non-hydrogen) atoms. The van der Waals surface area contributed by atoms with Crippen molar-refractivity contribution in [2.24, 2.45) is 11.3 Å². The third-order valence-corrected chi connectivity index (χ3v) is 5.37. The van der Waals surface area contributed by atoms with Crippen molar-refractivity contribution in [2.45, 2.75) is 58.6 Å². The molecule has 2 rings (SSSR count). The summed E-state index contributed by atoms with van der Waals surface area (Å²) in [5.41, 5.74) is 0.434. The number of hydrogen-bond acceptors (Lipinski definition) is 4. The minimum absolute atomic E-state index is 0.141. The lowest BCUT2D eigenvalue weighted by Gasteiger charge is -2.37. The molecule has 0 spiro atoms. The maximum atomic E-state index is 8.82. The monoisotopic (exact) mass is 298 g/mol. The highest BCUT2D eigenvalue weighted by Gasteiger charge is 2.41. The minimum atomic E-state index is 0.141. The fourth-order valence-electron chi connectivity index (χ4n) is 4.19. The largest absolute Gasteiger partial charge is 0.394 e. The smallest absolute Gasteiger partial charge is 0.0701 e. The SMILES string of the molecule is CCNC1C(CN2CCC(OCCO)CC2)CCC1(C)C. The number of ether oxygens (including phenoxy) is 1. The van der Waals surface area contributed by atoms with E-state index < -0.39 is 0 Å². The molecule has 1 aliphatic heterocycles. The zero-order valence-corrected chi connectivity index (χ0v) is 14.1. The number of rotatable bonds is 7. The van der Waals surface area contributed by atoms with Gasteiger partial charge < -0.3 is 20.1 Å². The van der Waals surface area contributed by atoms with Crippen LogP contribution in [0.2, 0.25) is 0 Å². The van der Waals surface area contributed by atoms with Gasteiger partial charge >= 0.3 is 0 Å². The highest BCUT2D eigenvalue weighted by Crippen LogP contribution is 2.41. The number of nitrogens with zero attached hydrogens (tertiary/aromatic N) is 1. The van der Waals surface area contributed by atoms with Gasteiger partial charge in [-0.05, 0) is 43.6 Å². The Hall–Kier alpha value is -0.160. The topological polar surface area (TPSA) is 44.7 Å². The van der Waals surface area contributed by atoms with Crippen LogP contribution in [-0.4, -0.2) is 61.5 Å². The highest BCUT2D eigenvalue weighted by atomic mass is 16.5. The van der Waals surface area contributed by atoms with Gasteiger partial charge in [0.2, 0.25) is 0 Å². The van der Waals surface area contributed by atoms with Gasteiger partial charge in [-0.15, -0.1) is 0 Å². The fraction of sp³-hybridized carbons (Fsp3) is 1.00. The summed E-state index contributed by atoms with van der Waals surface area (Å²) in [5, 5.41) is 12.6. The van der Waals surface area contributed by atoms with E-state index in [4.69, 9.17) is 9.84 Å². The fourth-order valence-corrected chi connectivity index (χ4v) is 4.19. The summed E-state index contributed by atoms with van der Waals surface area (Å²) in [7, 11) is 0. The summed E-state index contributed by atoms with van der Waals surface area (Å²) < 4.78 is 5.65. The molecule has 124 valence electrons. The van der Waals surface area contributed by atoms with E-state index in [0.717, 1.165) is 38.4 Å². The van der Waals surface area contributed by atoms with Gasteiger partial charge in [-0.3, -0.25) is 0 Å². The first kappa shape index (κ1) is 17.2. The third kappa shape index (κ3) is 4.65. The van der Waals surface area contributed by atoms with Gasteiger partial charge in [0.05, 0.1) is 19.3 Å². The van der Waals surface area contributed by atoms with E-state index >= 15 is 0 Å². The zero-order chi connectivity index (χ0) is 15.3. The molecule has 4 nitrogen and oxygen atoms in total. The van der Waals surface area contributed by atoms with Crippen molar-refractivity contribution >= 4 is 0 Å². The molecule has 0 amide bonds. The molecule has 1 aliphatic carbocycles. The Kier molecular flexibility index (Phi) is 6.48. The average Bonchev–Trinajstić information content (AvgIpc) is 2.75. The molecule has 1 saturated carbocycles. The zero-order valence-electron chi connectivity index (χ0n) is 14.1. The lowest BCUT2D eigenvalue weighted by molar-refractivity contribution is -0.0107. The van der Waals surface area contributed by atoms with E-state index in [1.165, 1.54) is 19.4 Å². The third-order valence-electron chi connectivity index (χ3n) is 5.37. The Morgan fingerprint density at radius 2 is 1.95 bits per heavy atom. The molecule has 2 aliphatic rings. The lowest BCUT2D eigenvalue weighted by Crippen LogP contribution is -2.47. The van der Waals surface area contributed by atoms with Crippen LogP contribution in [0.3, 0.4) is 0 Å². The van der Waals surface area contributed by atoms with Crippen molar-refractivity contribution in [1.29, 1.82) is 0 Å². The van der Waals surface area contributed by atoms with Crippen molar-refractivity contribution in [3.8, 4) is 0 Å². The Morgan fingerprint density at radius 3 is 2.57 bits per heavy atom. The van der Waals surface area contributed by atoms with Gasteiger partial charge in [-0.2, -0.15) is 0 Å². The highest BCUT2D eigenvalue weighted by molar-refractivity contribution is 4.97. The molecular formula is C17H34N2O2. The summed E-state index contributed by atoms with van der Waals surface area (Å²) >= 11 is 0. The summed E-state index contributed by atoms with van der Waals surface area (Å²) in [6.45, 7) is 12.3. The molecule has 0 aromatic heterocycles. The number of hydrogen-bond donors (Lipinski definition) is 2. The molecule has 1 saturated heterocycles. The van der Waals surface area contributed by atoms with Crippen LogP contribution in [-0.2, 0) is 4.74 Å². The Balaban J connectivity index is 1.77. The summed E-state index contributed by atoms with van der Waals surface area (Å²) in [6, 6.07) is 0.658. The van der Waals surface area contributed by atoms with Crippen LogP contribution in [0.4, 0.5) is 0 Å². The van der Waals surface area contributed by atoms with Crippen molar-refractivity contribution in [2.75, 3.05) is 39.4 Å². The lowest BCUT2D eigenvalue weighted by atomic mass is 9.84. The van der Waals surface area contributed by atoms with Gasteiger partial charge in [-0.1, -0.05) is 20.8 Å². The van der Waals surface area contributed by atoms with E-state index in [-0.39, 0.29) is 6.61 Å². The van der Waals surface area contributed by atoms with Crippen molar-refractivity contribution < 1.29 is 9.84 Å². The van der Waals surface area contributed by atoms with Crippen LogP contribution in [0.5, 0.6) is 0 Å². The quantitative estimate of drug-likeness (QED) is 0.753. The molecule has 2 atom stereocenters. The molecule has 4 heteroatoms. The molecule has 0 radical (unpaired) electrons. The van der Waals surface area contributed by atoms with Gasteiger partial charge in [0.25, 0.3) is 0 Å². The first-order valence-electron chi connectivity index (χ1n) is 8.75. The maximum Gasteiger partial charge on any atom is 0.0701 e. The molecule has 1 heterocycles. The van der Waals surface area contributed by atoms with Crippen molar-refractivity contribution in [3.63, 3.8) is 0 Å². The predicted molar refractivity (Wildman–Crippen MR) is 86.5 cm³/mol. The molecule has 0 bridgehead atoms. The molecule has 0 aromatic carbocycles.